The molecule has 0 bridgehead atoms. The van der Waals surface area contributed by atoms with Gasteiger partial charge in [-0.1, -0.05) is 0 Å². The Balaban J connectivity index is 2.41. The number of nitrogens with zero attached hydrogens (tertiary/aromatic N) is 2. The van der Waals surface area contributed by atoms with Gasteiger partial charge in [0.05, 0.1) is 5.69 Å². The van der Waals surface area contributed by atoms with Gasteiger partial charge in [-0.2, -0.15) is 0 Å². The molecule has 0 aliphatic rings. The van der Waals surface area contributed by atoms with Gasteiger partial charge in [0, 0.05) is 30.7 Å². The van der Waals surface area contributed by atoms with Crippen LogP contribution in [0.4, 0.5) is 5.95 Å². The molecule has 0 amide bonds. The van der Waals surface area contributed by atoms with E-state index in [1.807, 2.05) is 38.5 Å². The van der Waals surface area contributed by atoms with E-state index in [4.69, 9.17) is 0 Å². The molecular weight excluding hydrogens is 188 g/mol. The van der Waals surface area contributed by atoms with Gasteiger partial charge in [-0.3, -0.25) is 0 Å². The topological polar surface area (TPSA) is 53.6 Å². The Bertz CT molecular complexity index is 434. The lowest BCUT2D eigenvalue weighted by Crippen LogP contribution is -2.03. The Kier molecular flexibility index (Phi) is 2.67. The molecule has 4 nitrogen and oxygen atoms in total. The molecule has 0 aliphatic heterocycles. The van der Waals surface area contributed by atoms with Crippen molar-refractivity contribution >= 4 is 5.95 Å². The van der Waals surface area contributed by atoms with E-state index in [2.05, 4.69) is 20.3 Å². The van der Waals surface area contributed by atoms with Crippen molar-refractivity contribution in [2.45, 2.75) is 13.8 Å². The molecule has 2 heterocycles. The molecule has 15 heavy (non-hydrogen) atoms. The fourth-order valence-electron chi connectivity index (χ4n) is 1.45. The summed E-state index contributed by atoms with van der Waals surface area (Å²) in [6, 6.07) is 2.01. The second kappa shape index (κ2) is 4.13. The fourth-order valence-corrected chi connectivity index (χ4v) is 1.45. The highest BCUT2D eigenvalue weighted by Crippen LogP contribution is 2.20. The van der Waals surface area contributed by atoms with E-state index in [-0.39, 0.29) is 0 Å². The lowest BCUT2D eigenvalue weighted by molar-refractivity contribution is 1.07. The van der Waals surface area contributed by atoms with Gasteiger partial charge in [0.15, 0.2) is 0 Å². The van der Waals surface area contributed by atoms with Gasteiger partial charge in [0.25, 0.3) is 0 Å². The van der Waals surface area contributed by atoms with Gasteiger partial charge in [-0.25, -0.2) is 9.97 Å². The molecule has 2 rings (SSSR count). The monoisotopic (exact) mass is 202 g/mol. The van der Waals surface area contributed by atoms with Crippen LogP contribution in [0.25, 0.3) is 11.3 Å². The summed E-state index contributed by atoms with van der Waals surface area (Å²) in [6.07, 6.45) is 5.67. The number of rotatable bonds is 3. The molecule has 0 atom stereocenters. The van der Waals surface area contributed by atoms with E-state index in [1.165, 1.54) is 0 Å². The average Bonchev–Trinajstić information content (AvgIpc) is 2.74. The first-order valence-electron chi connectivity index (χ1n) is 5.02. The van der Waals surface area contributed by atoms with Crippen LogP contribution >= 0.6 is 0 Å². The summed E-state index contributed by atoms with van der Waals surface area (Å²) in [6.45, 7) is 4.87. The quantitative estimate of drug-likeness (QED) is 0.802. The van der Waals surface area contributed by atoms with E-state index >= 15 is 0 Å². The van der Waals surface area contributed by atoms with Gasteiger partial charge >= 0.3 is 0 Å². The SMILES string of the molecule is CCNc1ncc(C)c(-c2cc[nH]c2)n1. The summed E-state index contributed by atoms with van der Waals surface area (Å²) in [7, 11) is 0. The fraction of sp³-hybridized carbons (Fsp3) is 0.273. The van der Waals surface area contributed by atoms with E-state index in [9.17, 15) is 0 Å². The zero-order chi connectivity index (χ0) is 10.7. The largest absolute Gasteiger partial charge is 0.367 e. The maximum absolute atomic E-state index is 4.46. The Morgan fingerprint density at radius 3 is 3.00 bits per heavy atom. The zero-order valence-corrected chi connectivity index (χ0v) is 8.91. The minimum absolute atomic E-state index is 0.680. The minimum Gasteiger partial charge on any atom is -0.367 e. The van der Waals surface area contributed by atoms with Crippen molar-refractivity contribution in [3.8, 4) is 11.3 Å². The van der Waals surface area contributed by atoms with Crippen LogP contribution < -0.4 is 5.32 Å². The summed E-state index contributed by atoms with van der Waals surface area (Å²) < 4.78 is 0. The second-order valence-corrected chi connectivity index (χ2v) is 3.36. The van der Waals surface area contributed by atoms with Gasteiger partial charge in [0.2, 0.25) is 5.95 Å². The second-order valence-electron chi connectivity index (χ2n) is 3.36. The van der Waals surface area contributed by atoms with Crippen LogP contribution in [0, 0.1) is 6.92 Å². The standard InChI is InChI=1S/C11H14N4/c1-3-13-11-14-6-8(2)10(15-11)9-4-5-12-7-9/h4-7,12H,3H2,1-2H3,(H,13,14,15). The average molecular weight is 202 g/mol. The van der Waals surface area contributed by atoms with E-state index in [1.54, 1.807) is 0 Å². The van der Waals surface area contributed by atoms with Crippen molar-refractivity contribution < 1.29 is 0 Å². The third-order valence-electron chi connectivity index (χ3n) is 2.18. The Labute approximate surface area is 88.8 Å². The van der Waals surface area contributed by atoms with Crippen LogP contribution in [0.15, 0.2) is 24.7 Å². The van der Waals surface area contributed by atoms with Crippen LogP contribution in [0.5, 0.6) is 0 Å². The Hall–Kier alpha value is -1.84. The number of hydrogen-bond donors (Lipinski definition) is 2. The van der Waals surface area contributed by atoms with Gasteiger partial charge in [-0.05, 0) is 25.5 Å². The zero-order valence-electron chi connectivity index (χ0n) is 8.91. The van der Waals surface area contributed by atoms with Crippen LogP contribution in [0.3, 0.4) is 0 Å². The molecule has 0 radical (unpaired) electrons. The molecule has 0 unspecified atom stereocenters. The molecule has 0 fully saturated rings. The van der Waals surface area contributed by atoms with Crippen LogP contribution in [-0.4, -0.2) is 21.5 Å². The highest BCUT2D eigenvalue weighted by atomic mass is 15.1. The Morgan fingerprint density at radius 1 is 1.47 bits per heavy atom. The predicted octanol–water partition coefficient (Wildman–Crippen LogP) is 2.21. The normalized spacial score (nSPS) is 10.3. The predicted molar refractivity (Wildman–Crippen MR) is 60.7 cm³/mol. The number of hydrogen-bond acceptors (Lipinski definition) is 3. The van der Waals surface area contributed by atoms with Crippen LogP contribution in [0.1, 0.15) is 12.5 Å². The number of anilines is 1. The number of aromatic amines is 1. The lowest BCUT2D eigenvalue weighted by atomic mass is 10.1. The maximum atomic E-state index is 4.46. The molecular formula is C11H14N4. The smallest absolute Gasteiger partial charge is 0.223 e. The summed E-state index contributed by atoms with van der Waals surface area (Å²) in [5.41, 5.74) is 3.15. The van der Waals surface area contributed by atoms with Crippen molar-refractivity contribution in [3.05, 3.63) is 30.2 Å². The van der Waals surface area contributed by atoms with Crippen molar-refractivity contribution in [1.29, 1.82) is 0 Å². The molecule has 78 valence electrons. The molecule has 0 saturated carbocycles. The highest BCUT2D eigenvalue weighted by Gasteiger charge is 2.05. The summed E-state index contributed by atoms with van der Waals surface area (Å²) in [4.78, 5) is 11.7. The van der Waals surface area contributed by atoms with Gasteiger partial charge in [-0.15, -0.1) is 0 Å². The maximum Gasteiger partial charge on any atom is 0.223 e. The van der Waals surface area contributed by atoms with E-state index in [0.29, 0.717) is 5.95 Å². The van der Waals surface area contributed by atoms with Crippen molar-refractivity contribution in [3.63, 3.8) is 0 Å². The molecule has 0 spiro atoms. The summed E-state index contributed by atoms with van der Waals surface area (Å²) in [5, 5.41) is 3.10. The molecule has 2 aromatic heterocycles. The molecule has 4 heteroatoms. The first-order chi connectivity index (χ1) is 7.31. The van der Waals surface area contributed by atoms with Gasteiger partial charge in [0.1, 0.15) is 0 Å². The summed E-state index contributed by atoms with van der Waals surface area (Å²) >= 11 is 0. The number of aromatic nitrogens is 3. The third-order valence-corrected chi connectivity index (χ3v) is 2.18. The minimum atomic E-state index is 0.680. The molecule has 0 aromatic carbocycles. The van der Waals surface area contributed by atoms with Crippen LogP contribution in [-0.2, 0) is 0 Å². The third kappa shape index (κ3) is 1.98. The Morgan fingerprint density at radius 2 is 2.33 bits per heavy atom. The van der Waals surface area contributed by atoms with E-state index in [0.717, 1.165) is 23.4 Å². The van der Waals surface area contributed by atoms with E-state index < -0.39 is 0 Å². The van der Waals surface area contributed by atoms with Crippen molar-refractivity contribution in [2.75, 3.05) is 11.9 Å². The van der Waals surface area contributed by atoms with Gasteiger partial charge < -0.3 is 10.3 Å². The van der Waals surface area contributed by atoms with Crippen molar-refractivity contribution in [1.82, 2.24) is 15.0 Å². The number of H-pyrrole nitrogens is 1. The number of aryl methyl sites for hydroxylation is 1. The number of nitrogens with one attached hydrogen (secondary N) is 2. The molecule has 2 aromatic rings. The molecule has 0 aliphatic carbocycles. The molecule has 0 saturated heterocycles. The molecule has 2 N–H and O–H groups in total. The van der Waals surface area contributed by atoms with Crippen LogP contribution in [0.2, 0.25) is 0 Å². The lowest BCUT2D eigenvalue weighted by Gasteiger charge is -2.05. The van der Waals surface area contributed by atoms with Crippen molar-refractivity contribution in [2.24, 2.45) is 0 Å². The first-order valence-corrected chi connectivity index (χ1v) is 5.02. The highest BCUT2D eigenvalue weighted by molar-refractivity contribution is 5.62. The summed E-state index contributed by atoms with van der Waals surface area (Å²) in [5.74, 6) is 0.680. The first kappa shape index (κ1) is 9.71.